The summed E-state index contributed by atoms with van der Waals surface area (Å²) in [5, 5.41) is 0. The molecule has 0 spiro atoms. The molecule has 0 unspecified atom stereocenters. The Hall–Kier alpha value is -0.350. The van der Waals surface area contributed by atoms with Crippen LogP contribution in [0.5, 0.6) is 0 Å². The van der Waals surface area contributed by atoms with Gasteiger partial charge in [-0.05, 0) is 30.6 Å². The van der Waals surface area contributed by atoms with Crippen LogP contribution in [0, 0.1) is 11.3 Å². The quantitative estimate of drug-likeness (QED) is 0.494. The molecular weight excluding hydrogens is 200 g/mol. The van der Waals surface area contributed by atoms with E-state index in [1.54, 1.807) is 0 Å². The minimum Gasteiger partial charge on any atom is -0.747 e. The van der Waals surface area contributed by atoms with Gasteiger partial charge in [0.2, 0.25) is 0 Å². The minimum absolute atomic E-state index is 0.318. The van der Waals surface area contributed by atoms with Crippen molar-refractivity contribution in [3.05, 3.63) is 12.2 Å². The van der Waals surface area contributed by atoms with E-state index < -0.39 is 20.3 Å². The number of hydrogen-bond acceptors (Lipinski definition) is 3. The van der Waals surface area contributed by atoms with Crippen molar-refractivity contribution in [1.82, 2.24) is 0 Å². The van der Waals surface area contributed by atoms with Crippen LogP contribution in [0.4, 0.5) is 0 Å². The highest BCUT2D eigenvalue weighted by atomic mass is 32.2. The summed E-state index contributed by atoms with van der Waals surface area (Å²) in [5.41, 5.74) is 0.207. The molecule has 0 amide bonds. The first kappa shape index (κ1) is 10.2. The molecule has 0 N–H and O–H groups in total. The third-order valence-corrected chi connectivity index (χ3v) is 6.27. The maximum Gasteiger partial charge on any atom is 0.105 e. The second-order valence-electron chi connectivity index (χ2n) is 5.05. The molecule has 3 nitrogen and oxygen atoms in total. The Morgan fingerprint density at radius 2 is 2.07 bits per heavy atom. The van der Waals surface area contributed by atoms with Crippen LogP contribution in [-0.2, 0) is 10.1 Å². The lowest BCUT2D eigenvalue weighted by atomic mass is 9.81. The second-order valence-corrected chi connectivity index (χ2v) is 6.65. The Labute approximate surface area is 85.0 Å². The molecule has 0 saturated heterocycles. The van der Waals surface area contributed by atoms with Crippen molar-refractivity contribution >= 4 is 10.1 Å². The third-order valence-electron chi connectivity index (χ3n) is 4.40. The molecule has 4 heteroatoms. The first-order chi connectivity index (χ1) is 6.23. The van der Waals surface area contributed by atoms with E-state index in [1.165, 1.54) is 0 Å². The molecule has 2 fully saturated rings. The molecular formula is C10H15O3S-. The average Bonchev–Trinajstić information content (AvgIpc) is 2.34. The van der Waals surface area contributed by atoms with E-state index in [-0.39, 0.29) is 0 Å². The highest BCUT2D eigenvalue weighted by molar-refractivity contribution is 7.87. The summed E-state index contributed by atoms with van der Waals surface area (Å²) in [6.45, 7) is 7.57. The summed E-state index contributed by atoms with van der Waals surface area (Å²) in [4.78, 5) is 0. The van der Waals surface area contributed by atoms with E-state index >= 15 is 0 Å². The van der Waals surface area contributed by atoms with E-state index in [1.807, 2.05) is 13.8 Å². The summed E-state index contributed by atoms with van der Waals surface area (Å²) >= 11 is 0. The maximum atomic E-state index is 11.4. The zero-order valence-corrected chi connectivity index (χ0v) is 9.36. The standard InChI is InChI=1S/C10H16O3S/c1-7-6-8-4-5-10(7,9(8,2)3)14(11,12)13/h8H,1,4-6H2,2-3H3,(H,11,12,13)/p-1/t8-,10-/m0/s1. The van der Waals surface area contributed by atoms with Crippen LogP contribution in [0.3, 0.4) is 0 Å². The van der Waals surface area contributed by atoms with Crippen LogP contribution in [0.2, 0.25) is 0 Å². The fraction of sp³-hybridized carbons (Fsp3) is 0.800. The fourth-order valence-corrected chi connectivity index (χ4v) is 5.08. The first-order valence-electron chi connectivity index (χ1n) is 4.87. The molecule has 0 heterocycles. The van der Waals surface area contributed by atoms with E-state index in [0.29, 0.717) is 24.3 Å². The lowest BCUT2D eigenvalue weighted by molar-refractivity contribution is 0.265. The molecule has 2 saturated carbocycles. The highest BCUT2D eigenvalue weighted by Gasteiger charge is 2.64. The van der Waals surface area contributed by atoms with Crippen LogP contribution < -0.4 is 0 Å². The monoisotopic (exact) mass is 215 g/mol. The molecule has 2 rings (SSSR count). The van der Waals surface area contributed by atoms with Gasteiger partial charge in [-0.1, -0.05) is 26.0 Å². The Balaban J connectivity index is 2.68. The van der Waals surface area contributed by atoms with Crippen LogP contribution >= 0.6 is 0 Å². The normalized spacial score (nSPS) is 40.5. The van der Waals surface area contributed by atoms with Crippen LogP contribution in [0.15, 0.2) is 12.2 Å². The number of fused-ring (bicyclic) bond motifs is 2. The van der Waals surface area contributed by atoms with Crippen molar-refractivity contribution in [3.63, 3.8) is 0 Å². The van der Waals surface area contributed by atoms with Gasteiger partial charge in [0.1, 0.15) is 10.1 Å². The molecule has 0 aliphatic heterocycles. The largest absolute Gasteiger partial charge is 0.747 e. The number of hydrogen-bond donors (Lipinski definition) is 0. The van der Waals surface area contributed by atoms with Gasteiger partial charge in [0.25, 0.3) is 0 Å². The molecule has 2 atom stereocenters. The minimum atomic E-state index is -4.28. The predicted octanol–water partition coefficient (Wildman–Crippen LogP) is 1.67. The number of rotatable bonds is 1. The topological polar surface area (TPSA) is 57.2 Å². The molecule has 80 valence electrons. The lowest BCUT2D eigenvalue weighted by Gasteiger charge is -2.40. The molecule has 2 aliphatic rings. The Bertz CT molecular complexity index is 394. The van der Waals surface area contributed by atoms with Gasteiger partial charge in [-0.15, -0.1) is 0 Å². The van der Waals surface area contributed by atoms with Crippen molar-refractivity contribution < 1.29 is 13.0 Å². The van der Waals surface area contributed by atoms with Gasteiger partial charge in [-0.2, -0.15) is 0 Å². The molecule has 0 radical (unpaired) electrons. The summed E-state index contributed by atoms with van der Waals surface area (Å²) in [7, 11) is -4.28. The Morgan fingerprint density at radius 1 is 1.50 bits per heavy atom. The summed E-state index contributed by atoms with van der Waals surface area (Å²) in [5.74, 6) is 0.318. The van der Waals surface area contributed by atoms with Crippen LogP contribution in [0.25, 0.3) is 0 Å². The van der Waals surface area contributed by atoms with Gasteiger partial charge in [0, 0.05) is 0 Å². The van der Waals surface area contributed by atoms with Crippen molar-refractivity contribution in [1.29, 1.82) is 0 Å². The molecule has 0 aromatic carbocycles. The smallest absolute Gasteiger partial charge is 0.105 e. The summed E-state index contributed by atoms with van der Waals surface area (Å²) < 4.78 is 33.1. The van der Waals surface area contributed by atoms with Crippen molar-refractivity contribution in [2.24, 2.45) is 11.3 Å². The Kier molecular flexibility index (Phi) is 1.76. The van der Waals surface area contributed by atoms with Gasteiger partial charge in [-0.3, -0.25) is 0 Å². The SMILES string of the molecule is C=C1C[C@@H]2CC[C@@]1(S(=O)(=O)[O-])C2(C)C. The summed E-state index contributed by atoms with van der Waals surface area (Å²) in [6.07, 6.45) is 2.01. The molecule has 0 aromatic heterocycles. The predicted molar refractivity (Wildman–Crippen MR) is 52.7 cm³/mol. The van der Waals surface area contributed by atoms with E-state index in [4.69, 9.17) is 0 Å². The molecule has 14 heavy (non-hydrogen) atoms. The first-order valence-corrected chi connectivity index (χ1v) is 6.28. The van der Waals surface area contributed by atoms with Crippen molar-refractivity contribution in [2.75, 3.05) is 0 Å². The highest BCUT2D eigenvalue weighted by Crippen LogP contribution is 2.65. The van der Waals surface area contributed by atoms with E-state index in [9.17, 15) is 13.0 Å². The van der Waals surface area contributed by atoms with Gasteiger partial charge in [0.05, 0.1) is 4.75 Å². The maximum absolute atomic E-state index is 11.4. The zero-order valence-electron chi connectivity index (χ0n) is 8.54. The van der Waals surface area contributed by atoms with Crippen molar-refractivity contribution in [3.8, 4) is 0 Å². The van der Waals surface area contributed by atoms with Gasteiger partial charge >= 0.3 is 0 Å². The van der Waals surface area contributed by atoms with E-state index in [2.05, 4.69) is 6.58 Å². The van der Waals surface area contributed by atoms with Crippen molar-refractivity contribution in [2.45, 2.75) is 37.9 Å². The third kappa shape index (κ3) is 0.841. The van der Waals surface area contributed by atoms with Gasteiger partial charge in [-0.25, -0.2) is 8.42 Å². The van der Waals surface area contributed by atoms with Gasteiger partial charge < -0.3 is 4.55 Å². The average molecular weight is 215 g/mol. The van der Waals surface area contributed by atoms with Gasteiger partial charge in [0.15, 0.2) is 0 Å². The fourth-order valence-electron chi connectivity index (χ4n) is 3.47. The Morgan fingerprint density at radius 3 is 2.29 bits per heavy atom. The lowest BCUT2D eigenvalue weighted by Crippen LogP contribution is -2.46. The van der Waals surface area contributed by atoms with E-state index in [0.717, 1.165) is 6.42 Å². The molecule has 2 bridgehead atoms. The zero-order chi connectivity index (χ0) is 10.8. The summed E-state index contributed by atoms with van der Waals surface area (Å²) in [6, 6.07) is 0. The van der Waals surface area contributed by atoms with Crippen LogP contribution in [-0.4, -0.2) is 17.7 Å². The molecule has 0 aromatic rings. The second kappa shape index (κ2) is 2.42. The molecule has 2 aliphatic carbocycles. The van der Waals surface area contributed by atoms with Crippen LogP contribution in [0.1, 0.15) is 33.1 Å².